The molecule has 8 heteroatoms. The van der Waals surface area contributed by atoms with Crippen LogP contribution in [0.25, 0.3) is 0 Å². The van der Waals surface area contributed by atoms with Crippen LogP contribution in [0.1, 0.15) is 17.3 Å². The van der Waals surface area contributed by atoms with E-state index in [1.165, 1.54) is 6.92 Å². The minimum absolute atomic E-state index is 0.341. The molecule has 0 bridgehead atoms. The van der Waals surface area contributed by atoms with Crippen LogP contribution in [-0.4, -0.2) is 28.6 Å². The maximum atomic E-state index is 13.4. The third-order valence-electron chi connectivity index (χ3n) is 2.13. The maximum absolute atomic E-state index is 13.4. The first-order valence-electron chi connectivity index (χ1n) is 4.92. The van der Waals surface area contributed by atoms with Gasteiger partial charge < -0.3 is 10.4 Å². The first-order chi connectivity index (χ1) is 8.36. The molecule has 1 aromatic carbocycles. The highest BCUT2D eigenvalue weighted by Gasteiger charge is 2.22. The van der Waals surface area contributed by atoms with E-state index in [2.05, 4.69) is 5.32 Å². The number of amides is 1. The zero-order valence-electron chi connectivity index (χ0n) is 9.31. The molecule has 0 unspecified atom stereocenters. The van der Waals surface area contributed by atoms with Crippen molar-refractivity contribution in [2.24, 2.45) is 0 Å². The van der Waals surface area contributed by atoms with Gasteiger partial charge in [0.1, 0.15) is 5.82 Å². The number of hydrogen-bond donors (Lipinski definition) is 2. The van der Waals surface area contributed by atoms with Crippen LogP contribution in [0.5, 0.6) is 0 Å². The van der Waals surface area contributed by atoms with Crippen molar-refractivity contribution >= 4 is 11.6 Å². The lowest BCUT2D eigenvalue weighted by Gasteiger charge is -2.11. The summed E-state index contributed by atoms with van der Waals surface area (Å²) in [7, 11) is 0. The largest absolute Gasteiger partial charge is 0.394 e. The van der Waals surface area contributed by atoms with E-state index in [-0.39, 0.29) is 6.61 Å². The number of carbonyl (C=O) groups is 1. The predicted molar refractivity (Wildman–Crippen MR) is 57.0 cm³/mol. The summed E-state index contributed by atoms with van der Waals surface area (Å²) in [6.07, 6.45) is 0. The number of hydrogen-bond acceptors (Lipinski definition) is 4. The van der Waals surface area contributed by atoms with Crippen LogP contribution >= 0.6 is 0 Å². The first-order valence-corrected chi connectivity index (χ1v) is 4.92. The van der Waals surface area contributed by atoms with Crippen LogP contribution in [0.3, 0.4) is 0 Å². The summed E-state index contributed by atoms with van der Waals surface area (Å²) in [5.74, 6) is -3.46. The molecule has 1 rings (SSSR count). The fourth-order valence-corrected chi connectivity index (χ4v) is 1.20. The van der Waals surface area contributed by atoms with E-state index < -0.39 is 39.8 Å². The molecule has 0 fully saturated rings. The lowest BCUT2D eigenvalue weighted by Crippen LogP contribution is -2.35. The second-order valence-corrected chi connectivity index (χ2v) is 3.60. The van der Waals surface area contributed by atoms with Gasteiger partial charge in [-0.25, -0.2) is 4.39 Å². The second kappa shape index (κ2) is 5.50. The van der Waals surface area contributed by atoms with E-state index in [4.69, 9.17) is 5.11 Å². The lowest BCUT2D eigenvalue weighted by molar-refractivity contribution is -0.387. The summed E-state index contributed by atoms with van der Waals surface area (Å²) in [6, 6.07) is 0.149. The number of nitrogens with zero attached hydrogens (tertiary/aromatic N) is 1. The molecule has 0 radical (unpaired) electrons. The number of aliphatic hydroxyl groups excluding tert-OH is 1. The number of rotatable bonds is 4. The van der Waals surface area contributed by atoms with Crippen LogP contribution in [0.4, 0.5) is 14.5 Å². The smallest absolute Gasteiger partial charge is 0.307 e. The van der Waals surface area contributed by atoms with Gasteiger partial charge in [0, 0.05) is 6.04 Å². The number of carbonyl (C=O) groups excluding carboxylic acids is 1. The SMILES string of the molecule is C[C@@H](CO)NC(=O)c1cc(F)c([N+](=O)[O-])cc1F. The summed E-state index contributed by atoms with van der Waals surface area (Å²) >= 11 is 0. The van der Waals surface area contributed by atoms with E-state index >= 15 is 0 Å². The third-order valence-corrected chi connectivity index (χ3v) is 2.13. The topological polar surface area (TPSA) is 92.5 Å². The zero-order valence-corrected chi connectivity index (χ0v) is 9.31. The highest BCUT2D eigenvalue weighted by atomic mass is 19.1. The average molecular weight is 260 g/mol. The fourth-order valence-electron chi connectivity index (χ4n) is 1.20. The van der Waals surface area contributed by atoms with Crippen LogP contribution < -0.4 is 5.32 Å². The third kappa shape index (κ3) is 2.98. The Morgan fingerprint density at radius 3 is 2.61 bits per heavy atom. The van der Waals surface area contributed by atoms with Crippen molar-refractivity contribution in [2.75, 3.05) is 6.61 Å². The number of benzene rings is 1. The van der Waals surface area contributed by atoms with Crippen LogP contribution in [0.15, 0.2) is 12.1 Å². The van der Waals surface area contributed by atoms with Crippen LogP contribution in [0.2, 0.25) is 0 Å². The van der Waals surface area contributed by atoms with Crippen LogP contribution in [-0.2, 0) is 0 Å². The molecule has 0 aromatic heterocycles. The van der Waals surface area contributed by atoms with Crippen molar-refractivity contribution in [1.29, 1.82) is 0 Å². The first kappa shape index (κ1) is 14.0. The summed E-state index contributed by atoms with van der Waals surface area (Å²) in [4.78, 5) is 20.7. The summed E-state index contributed by atoms with van der Waals surface area (Å²) in [5, 5.41) is 21.2. The number of nitrogens with one attached hydrogen (secondary N) is 1. The predicted octanol–water partition coefficient (Wildman–Crippen LogP) is 0.984. The van der Waals surface area contributed by atoms with Crippen LogP contribution in [0, 0.1) is 21.7 Å². The van der Waals surface area contributed by atoms with Gasteiger partial charge in [-0.05, 0) is 13.0 Å². The molecular weight excluding hydrogens is 250 g/mol. The maximum Gasteiger partial charge on any atom is 0.307 e. The van der Waals surface area contributed by atoms with Gasteiger partial charge in [-0.15, -0.1) is 0 Å². The Morgan fingerprint density at radius 1 is 1.50 bits per heavy atom. The highest BCUT2D eigenvalue weighted by molar-refractivity contribution is 5.94. The number of halogens is 2. The Bertz CT molecular complexity index is 493. The Morgan fingerprint density at radius 2 is 2.11 bits per heavy atom. The quantitative estimate of drug-likeness (QED) is 0.623. The van der Waals surface area contributed by atoms with Gasteiger partial charge in [-0.3, -0.25) is 14.9 Å². The molecule has 0 spiro atoms. The van der Waals surface area contributed by atoms with Crippen molar-refractivity contribution in [3.8, 4) is 0 Å². The second-order valence-electron chi connectivity index (χ2n) is 3.60. The molecule has 0 saturated heterocycles. The zero-order chi connectivity index (χ0) is 13.9. The van der Waals surface area contributed by atoms with Crippen molar-refractivity contribution < 1.29 is 23.6 Å². The highest BCUT2D eigenvalue weighted by Crippen LogP contribution is 2.21. The van der Waals surface area contributed by atoms with Crippen molar-refractivity contribution in [3.63, 3.8) is 0 Å². The molecule has 0 aliphatic heterocycles. The van der Waals surface area contributed by atoms with Gasteiger partial charge in [-0.1, -0.05) is 0 Å². The molecule has 1 aromatic rings. The number of nitro groups is 1. The minimum Gasteiger partial charge on any atom is -0.394 e. The Kier molecular flexibility index (Phi) is 4.27. The summed E-state index contributed by atoms with van der Waals surface area (Å²) in [6.45, 7) is 1.08. The van der Waals surface area contributed by atoms with Crippen molar-refractivity contribution in [2.45, 2.75) is 13.0 Å². The molecule has 0 saturated carbocycles. The Balaban J connectivity index is 3.08. The summed E-state index contributed by atoms with van der Waals surface area (Å²) < 4.78 is 26.6. The molecule has 0 heterocycles. The molecule has 6 nitrogen and oxygen atoms in total. The van der Waals surface area contributed by atoms with Gasteiger partial charge in [0.05, 0.1) is 23.2 Å². The molecule has 18 heavy (non-hydrogen) atoms. The van der Waals surface area contributed by atoms with Gasteiger partial charge in [0.15, 0.2) is 0 Å². The van der Waals surface area contributed by atoms with Gasteiger partial charge in [0.25, 0.3) is 5.91 Å². The Labute approximate surface area is 100 Å². The minimum atomic E-state index is -1.30. The van der Waals surface area contributed by atoms with Crippen molar-refractivity contribution in [3.05, 3.63) is 39.4 Å². The molecule has 98 valence electrons. The Hall–Kier alpha value is -2.09. The standard InChI is InChI=1S/C10H10F2N2O4/c1-5(4-15)13-10(16)6-2-8(12)9(14(17)18)3-7(6)11/h2-3,5,15H,4H2,1H3,(H,13,16)/t5-/m0/s1. The van der Waals surface area contributed by atoms with E-state index in [1.807, 2.05) is 0 Å². The molecular formula is C10H10F2N2O4. The van der Waals surface area contributed by atoms with Gasteiger partial charge in [-0.2, -0.15) is 4.39 Å². The summed E-state index contributed by atoms with van der Waals surface area (Å²) in [5.41, 5.74) is -1.70. The average Bonchev–Trinajstić information content (AvgIpc) is 2.30. The molecule has 1 amide bonds. The number of aliphatic hydroxyl groups is 1. The van der Waals surface area contributed by atoms with E-state index in [9.17, 15) is 23.7 Å². The van der Waals surface area contributed by atoms with Gasteiger partial charge >= 0.3 is 5.69 Å². The van der Waals surface area contributed by atoms with Crippen molar-refractivity contribution in [1.82, 2.24) is 5.32 Å². The van der Waals surface area contributed by atoms with Gasteiger partial charge in [0.2, 0.25) is 5.82 Å². The number of nitro benzene ring substituents is 1. The lowest BCUT2D eigenvalue weighted by atomic mass is 10.1. The van der Waals surface area contributed by atoms with E-state index in [1.54, 1.807) is 0 Å². The fraction of sp³-hybridized carbons (Fsp3) is 0.300. The molecule has 2 N–H and O–H groups in total. The molecule has 1 atom stereocenters. The molecule has 0 aliphatic carbocycles. The van der Waals surface area contributed by atoms with E-state index in [0.29, 0.717) is 12.1 Å². The monoisotopic (exact) mass is 260 g/mol. The van der Waals surface area contributed by atoms with E-state index in [0.717, 1.165) is 0 Å². The normalized spacial score (nSPS) is 12.0. The molecule has 0 aliphatic rings.